The van der Waals surface area contributed by atoms with Crippen molar-refractivity contribution in [1.29, 1.82) is 0 Å². The fourth-order valence-corrected chi connectivity index (χ4v) is 4.54. The van der Waals surface area contributed by atoms with E-state index in [0.717, 1.165) is 29.3 Å². The third-order valence-electron chi connectivity index (χ3n) is 4.84. The lowest BCUT2D eigenvalue weighted by atomic mass is 10.00. The number of hydrogen-bond donors (Lipinski definition) is 1. The van der Waals surface area contributed by atoms with Gasteiger partial charge in [0, 0.05) is 24.9 Å². The molecule has 138 valence electrons. The molecule has 1 N–H and O–H groups in total. The summed E-state index contributed by atoms with van der Waals surface area (Å²) in [6.07, 6.45) is 4.00. The van der Waals surface area contributed by atoms with Crippen LogP contribution < -0.4 is 0 Å². The Morgan fingerprint density at radius 2 is 2.27 bits per heavy atom. The van der Waals surface area contributed by atoms with Crippen molar-refractivity contribution in [3.05, 3.63) is 41.7 Å². The van der Waals surface area contributed by atoms with Crippen LogP contribution in [-0.2, 0) is 16.4 Å². The molecule has 0 radical (unpaired) electrons. The fourth-order valence-electron chi connectivity index (χ4n) is 3.36. The second-order valence-corrected chi connectivity index (χ2v) is 8.87. The first kappa shape index (κ1) is 17.2. The van der Waals surface area contributed by atoms with E-state index >= 15 is 0 Å². The molecule has 0 bridgehead atoms. The monoisotopic (exact) mass is 375 g/mol. The number of aromatic nitrogens is 4. The minimum atomic E-state index is -3.19. The van der Waals surface area contributed by atoms with E-state index in [2.05, 4.69) is 20.3 Å². The summed E-state index contributed by atoms with van der Waals surface area (Å²) in [5.74, 6) is 1.21. The first-order chi connectivity index (χ1) is 12.5. The zero-order chi connectivity index (χ0) is 18.1. The van der Waals surface area contributed by atoms with Gasteiger partial charge in [-0.15, -0.1) is 0 Å². The normalized spacial score (nSPS) is 19.2. The van der Waals surface area contributed by atoms with E-state index in [0.29, 0.717) is 31.2 Å². The van der Waals surface area contributed by atoms with Crippen LogP contribution in [0.5, 0.6) is 0 Å². The van der Waals surface area contributed by atoms with Gasteiger partial charge >= 0.3 is 0 Å². The Balaban J connectivity index is 1.48. The van der Waals surface area contributed by atoms with Crippen LogP contribution in [0.15, 0.2) is 28.9 Å². The van der Waals surface area contributed by atoms with Gasteiger partial charge < -0.3 is 4.52 Å². The molecular weight excluding hydrogens is 354 g/mol. The molecule has 1 atom stereocenters. The van der Waals surface area contributed by atoms with E-state index in [4.69, 9.17) is 4.52 Å². The predicted molar refractivity (Wildman–Crippen MR) is 96.2 cm³/mol. The molecule has 4 rings (SSSR count). The molecule has 0 spiro atoms. The van der Waals surface area contributed by atoms with Crippen LogP contribution in [0, 0.1) is 0 Å². The molecule has 1 aliphatic rings. The minimum Gasteiger partial charge on any atom is -0.339 e. The summed E-state index contributed by atoms with van der Waals surface area (Å²) in [6, 6.07) is 6.04. The highest BCUT2D eigenvalue weighted by molar-refractivity contribution is 7.89. The van der Waals surface area contributed by atoms with E-state index in [1.165, 1.54) is 4.31 Å². The van der Waals surface area contributed by atoms with E-state index in [9.17, 15) is 8.42 Å². The van der Waals surface area contributed by atoms with Crippen molar-refractivity contribution in [3.63, 3.8) is 0 Å². The number of fused-ring (bicyclic) bond motifs is 1. The summed E-state index contributed by atoms with van der Waals surface area (Å²) in [7, 11) is -3.19. The highest BCUT2D eigenvalue weighted by Gasteiger charge is 2.31. The van der Waals surface area contributed by atoms with Crippen LogP contribution >= 0.6 is 0 Å². The summed E-state index contributed by atoms with van der Waals surface area (Å²) in [5, 5.41) is 12.1. The molecule has 1 unspecified atom stereocenters. The molecule has 0 aliphatic carbocycles. The maximum absolute atomic E-state index is 12.1. The average Bonchev–Trinajstić information content (AvgIpc) is 3.31. The van der Waals surface area contributed by atoms with Crippen LogP contribution in [-0.4, -0.2) is 51.9 Å². The average molecular weight is 375 g/mol. The zero-order valence-corrected chi connectivity index (χ0v) is 15.4. The summed E-state index contributed by atoms with van der Waals surface area (Å²) < 4.78 is 31.2. The number of H-pyrrole nitrogens is 1. The van der Waals surface area contributed by atoms with Crippen LogP contribution in [0.25, 0.3) is 10.9 Å². The Morgan fingerprint density at radius 3 is 3.12 bits per heavy atom. The Hall–Kier alpha value is -2.26. The summed E-state index contributed by atoms with van der Waals surface area (Å²) in [4.78, 5) is 4.51. The number of nitrogens with zero attached hydrogens (tertiary/aromatic N) is 4. The summed E-state index contributed by atoms with van der Waals surface area (Å²) >= 11 is 0. The van der Waals surface area contributed by atoms with Crippen molar-refractivity contribution in [2.45, 2.75) is 32.1 Å². The molecule has 0 amide bonds. The standard InChI is InChI=1S/C17H21N5O3S/c1-2-26(23,24)22-7-3-4-14(11-22)17-19-16(21-25-17)9-12-5-6-13-10-18-20-15(13)8-12/h5-6,8,10,14H,2-4,7,9,11H2,1H3,(H,18,20). The molecule has 26 heavy (non-hydrogen) atoms. The van der Waals surface area contributed by atoms with E-state index in [1.54, 1.807) is 13.1 Å². The molecule has 1 saturated heterocycles. The van der Waals surface area contributed by atoms with Gasteiger partial charge in [-0.25, -0.2) is 12.7 Å². The van der Waals surface area contributed by atoms with Gasteiger partial charge in [0.25, 0.3) is 0 Å². The number of rotatable bonds is 5. The molecule has 1 aliphatic heterocycles. The number of sulfonamides is 1. The summed E-state index contributed by atoms with van der Waals surface area (Å²) in [6.45, 7) is 2.65. The lowest BCUT2D eigenvalue weighted by Gasteiger charge is -2.29. The zero-order valence-electron chi connectivity index (χ0n) is 14.6. The van der Waals surface area contributed by atoms with Gasteiger partial charge in [-0.1, -0.05) is 17.3 Å². The lowest BCUT2D eigenvalue weighted by molar-refractivity contribution is 0.265. The van der Waals surface area contributed by atoms with Crippen LogP contribution in [0.4, 0.5) is 0 Å². The van der Waals surface area contributed by atoms with Gasteiger partial charge in [0.15, 0.2) is 5.82 Å². The van der Waals surface area contributed by atoms with Crippen molar-refractivity contribution in [1.82, 2.24) is 24.6 Å². The number of benzene rings is 1. The highest BCUT2D eigenvalue weighted by atomic mass is 32.2. The predicted octanol–water partition coefficient (Wildman–Crippen LogP) is 2.07. The smallest absolute Gasteiger partial charge is 0.231 e. The Labute approximate surface area is 151 Å². The highest BCUT2D eigenvalue weighted by Crippen LogP contribution is 2.27. The molecule has 0 saturated carbocycles. The second-order valence-electron chi connectivity index (χ2n) is 6.61. The first-order valence-corrected chi connectivity index (χ1v) is 10.4. The van der Waals surface area contributed by atoms with Gasteiger partial charge in [-0.2, -0.15) is 10.1 Å². The van der Waals surface area contributed by atoms with E-state index in [1.807, 2.05) is 18.2 Å². The second kappa shape index (κ2) is 6.81. The van der Waals surface area contributed by atoms with Gasteiger partial charge in [-0.05, 0) is 31.4 Å². The van der Waals surface area contributed by atoms with Crippen molar-refractivity contribution in [2.75, 3.05) is 18.8 Å². The molecular formula is C17H21N5O3S. The number of hydrogen-bond acceptors (Lipinski definition) is 6. The third-order valence-corrected chi connectivity index (χ3v) is 6.69. The maximum Gasteiger partial charge on any atom is 0.231 e. The molecule has 1 aromatic carbocycles. The van der Waals surface area contributed by atoms with Crippen molar-refractivity contribution in [3.8, 4) is 0 Å². The lowest BCUT2D eigenvalue weighted by Crippen LogP contribution is -2.39. The van der Waals surface area contributed by atoms with Gasteiger partial charge in [-0.3, -0.25) is 5.10 Å². The van der Waals surface area contributed by atoms with Crippen LogP contribution in [0.3, 0.4) is 0 Å². The van der Waals surface area contributed by atoms with Crippen molar-refractivity contribution >= 4 is 20.9 Å². The van der Waals surface area contributed by atoms with Crippen molar-refractivity contribution in [2.24, 2.45) is 0 Å². The Morgan fingerprint density at radius 1 is 1.38 bits per heavy atom. The fraction of sp³-hybridized carbons (Fsp3) is 0.471. The van der Waals surface area contributed by atoms with E-state index in [-0.39, 0.29) is 11.7 Å². The SMILES string of the molecule is CCS(=O)(=O)N1CCCC(c2nc(Cc3ccc4cn[nH]c4c3)no2)C1. The Bertz CT molecular complexity index is 1010. The molecule has 3 aromatic rings. The molecule has 2 aromatic heterocycles. The van der Waals surface area contributed by atoms with Gasteiger partial charge in [0.05, 0.1) is 23.4 Å². The molecule has 1 fully saturated rings. The molecule has 9 heteroatoms. The van der Waals surface area contributed by atoms with Gasteiger partial charge in [0.2, 0.25) is 15.9 Å². The number of aromatic amines is 1. The number of nitrogens with one attached hydrogen (secondary N) is 1. The summed E-state index contributed by atoms with van der Waals surface area (Å²) in [5.41, 5.74) is 2.03. The first-order valence-electron chi connectivity index (χ1n) is 8.77. The largest absolute Gasteiger partial charge is 0.339 e. The van der Waals surface area contributed by atoms with E-state index < -0.39 is 10.0 Å². The number of piperidine rings is 1. The molecule has 8 nitrogen and oxygen atoms in total. The molecule has 3 heterocycles. The van der Waals surface area contributed by atoms with Crippen molar-refractivity contribution < 1.29 is 12.9 Å². The van der Waals surface area contributed by atoms with Gasteiger partial charge in [0.1, 0.15) is 0 Å². The maximum atomic E-state index is 12.1. The quantitative estimate of drug-likeness (QED) is 0.732. The third kappa shape index (κ3) is 3.36. The topological polar surface area (TPSA) is 105 Å². The van der Waals surface area contributed by atoms with Crippen LogP contribution in [0.2, 0.25) is 0 Å². The van der Waals surface area contributed by atoms with Crippen LogP contribution in [0.1, 0.15) is 43.0 Å². The Kier molecular flexibility index (Phi) is 4.49. The minimum absolute atomic E-state index is 0.0404.